The summed E-state index contributed by atoms with van der Waals surface area (Å²) in [7, 11) is 1.49. The molecule has 0 aliphatic heterocycles. The van der Waals surface area contributed by atoms with Crippen molar-refractivity contribution in [2.24, 2.45) is 7.05 Å². The van der Waals surface area contributed by atoms with Crippen LogP contribution in [0, 0.1) is 6.92 Å². The number of hydrogen-bond acceptors (Lipinski definition) is 2. The average molecular weight is 189 g/mol. The summed E-state index contributed by atoms with van der Waals surface area (Å²) in [5, 5.41) is 9.15. The van der Waals surface area contributed by atoms with Crippen molar-refractivity contribution in [2.75, 3.05) is 0 Å². The number of nitrogens with zero attached hydrogens (tertiary/aromatic N) is 1. The predicted octanol–water partition coefficient (Wildman–Crippen LogP) is 1.34. The Morgan fingerprint density at radius 3 is 2.54 bits per heavy atom. The molecule has 0 atom stereocenters. The molecule has 13 heavy (non-hydrogen) atoms. The van der Waals surface area contributed by atoms with E-state index < -0.39 is 23.2 Å². The smallest absolute Gasteiger partial charge is 0.269 e. The van der Waals surface area contributed by atoms with Crippen molar-refractivity contribution in [2.45, 2.75) is 13.3 Å². The lowest BCUT2D eigenvalue weighted by Crippen LogP contribution is -2.14. The number of alkyl halides is 2. The molecule has 0 aromatic carbocycles. The van der Waals surface area contributed by atoms with E-state index in [4.69, 9.17) is 5.11 Å². The molecule has 1 heterocycles. The summed E-state index contributed by atoms with van der Waals surface area (Å²) < 4.78 is 25.7. The quantitative estimate of drug-likeness (QED) is 0.724. The van der Waals surface area contributed by atoms with Crippen LogP contribution in [0.25, 0.3) is 0 Å². The van der Waals surface area contributed by atoms with Gasteiger partial charge in [0.2, 0.25) is 5.43 Å². The van der Waals surface area contributed by atoms with Crippen LogP contribution < -0.4 is 5.43 Å². The van der Waals surface area contributed by atoms with Gasteiger partial charge in [0.05, 0.1) is 11.3 Å². The summed E-state index contributed by atoms with van der Waals surface area (Å²) >= 11 is 0. The summed E-state index contributed by atoms with van der Waals surface area (Å²) in [5.41, 5.74) is -1.40. The third-order valence-corrected chi connectivity index (χ3v) is 1.92. The van der Waals surface area contributed by atoms with Gasteiger partial charge in [0.1, 0.15) is 0 Å². The van der Waals surface area contributed by atoms with Gasteiger partial charge in [-0.1, -0.05) is 0 Å². The van der Waals surface area contributed by atoms with Crippen LogP contribution >= 0.6 is 0 Å². The van der Waals surface area contributed by atoms with E-state index in [-0.39, 0.29) is 5.69 Å². The zero-order valence-corrected chi connectivity index (χ0v) is 7.21. The highest BCUT2D eigenvalue weighted by molar-refractivity contribution is 5.31. The van der Waals surface area contributed by atoms with E-state index in [1.54, 1.807) is 0 Å². The SMILES string of the molecule is Cc1c(O)c(=O)c(C(F)F)cn1C. The largest absolute Gasteiger partial charge is 0.503 e. The molecule has 5 heteroatoms. The zero-order valence-electron chi connectivity index (χ0n) is 7.21. The van der Waals surface area contributed by atoms with Gasteiger partial charge in [-0.05, 0) is 6.92 Å². The number of aryl methyl sites for hydroxylation is 1. The summed E-state index contributed by atoms with van der Waals surface area (Å²) in [6.07, 6.45) is -1.83. The number of rotatable bonds is 1. The van der Waals surface area contributed by atoms with Crippen molar-refractivity contribution in [1.82, 2.24) is 4.57 Å². The maximum absolute atomic E-state index is 12.2. The van der Waals surface area contributed by atoms with Crippen LogP contribution in [-0.2, 0) is 7.05 Å². The van der Waals surface area contributed by atoms with Gasteiger partial charge in [-0.25, -0.2) is 8.78 Å². The van der Waals surface area contributed by atoms with E-state index in [1.807, 2.05) is 0 Å². The Morgan fingerprint density at radius 2 is 2.08 bits per heavy atom. The lowest BCUT2D eigenvalue weighted by Gasteiger charge is -2.08. The first-order chi connectivity index (χ1) is 5.95. The number of aromatic nitrogens is 1. The molecule has 0 saturated carbocycles. The van der Waals surface area contributed by atoms with E-state index in [2.05, 4.69) is 0 Å². The van der Waals surface area contributed by atoms with Gasteiger partial charge in [-0.15, -0.1) is 0 Å². The first kappa shape index (κ1) is 9.70. The predicted molar refractivity (Wildman–Crippen MR) is 43.0 cm³/mol. The van der Waals surface area contributed by atoms with Crippen LogP contribution in [-0.4, -0.2) is 9.67 Å². The lowest BCUT2D eigenvalue weighted by atomic mass is 10.2. The topological polar surface area (TPSA) is 42.2 Å². The first-order valence-electron chi connectivity index (χ1n) is 3.62. The Hall–Kier alpha value is -1.39. The Bertz CT molecular complexity index is 384. The van der Waals surface area contributed by atoms with Gasteiger partial charge >= 0.3 is 0 Å². The molecule has 0 radical (unpaired) electrons. The maximum Gasteiger partial charge on any atom is 0.269 e. The van der Waals surface area contributed by atoms with Crippen molar-refractivity contribution < 1.29 is 13.9 Å². The Balaban J connectivity index is 3.51. The molecule has 0 fully saturated rings. The van der Waals surface area contributed by atoms with E-state index >= 15 is 0 Å². The molecule has 0 aliphatic rings. The molecule has 0 unspecified atom stereocenters. The lowest BCUT2D eigenvalue weighted by molar-refractivity contribution is 0.148. The van der Waals surface area contributed by atoms with Gasteiger partial charge in [0.25, 0.3) is 6.43 Å². The zero-order chi connectivity index (χ0) is 10.2. The third kappa shape index (κ3) is 1.54. The molecule has 0 aliphatic carbocycles. The fourth-order valence-electron chi connectivity index (χ4n) is 0.988. The average Bonchev–Trinajstić information content (AvgIpc) is 2.07. The van der Waals surface area contributed by atoms with Crippen molar-refractivity contribution in [3.05, 3.63) is 27.7 Å². The standard InChI is InChI=1S/C8H9F2NO2/c1-4-6(12)7(13)5(8(9)10)3-11(4)2/h3,8,12H,1-2H3. The van der Waals surface area contributed by atoms with Crippen molar-refractivity contribution in [3.63, 3.8) is 0 Å². The minimum Gasteiger partial charge on any atom is -0.503 e. The van der Waals surface area contributed by atoms with Crippen LogP contribution in [0.3, 0.4) is 0 Å². The minimum atomic E-state index is -2.86. The highest BCUT2D eigenvalue weighted by atomic mass is 19.3. The highest BCUT2D eigenvalue weighted by Crippen LogP contribution is 2.18. The molecule has 0 amide bonds. The van der Waals surface area contributed by atoms with Gasteiger partial charge in [0.15, 0.2) is 5.75 Å². The van der Waals surface area contributed by atoms with Crippen molar-refractivity contribution in [1.29, 1.82) is 0 Å². The first-order valence-corrected chi connectivity index (χ1v) is 3.62. The molecule has 0 bridgehead atoms. The number of hydrogen-bond donors (Lipinski definition) is 1. The fourth-order valence-corrected chi connectivity index (χ4v) is 0.988. The Morgan fingerprint density at radius 1 is 1.54 bits per heavy atom. The molecule has 1 N–H and O–H groups in total. The second kappa shape index (κ2) is 3.16. The number of pyridine rings is 1. The van der Waals surface area contributed by atoms with E-state index in [1.165, 1.54) is 18.5 Å². The fraction of sp³-hybridized carbons (Fsp3) is 0.375. The van der Waals surface area contributed by atoms with Gasteiger partial charge in [0, 0.05) is 13.2 Å². The number of aromatic hydroxyl groups is 1. The minimum absolute atomic E-state index is 0.273. The molecule has 72 valence electrons. The molecular formula is C8H9F2NO2. The molecule has 1 aromatic heterocycles. The molecule has 0 saturated heterocycles. The Kier molecular flexibility index (Phi) is 2.36. The monoisotopic (exact) mass is 189 g/mol. The summed E-state index contributed by atoms with van der Waals surface area (Å²) in [6, 6.07) is 0. The summed E-state index contributed by atoms with van der Waals surface area (Å²) in [6.45, 7) is 1.48. The summed E-state index contributed by atoms with van der Waals surface area (Å²) in [5.74, 6) is -0.611. The summed E-state index contributed by atoms with van der Waals surface area (Å²) in [4.78, 5) is 11.0. The number of halogens is 2. The third-order valence-electron chi connectivity index (χ3n) is 1.92. The van der Waals surface area contributed by atoms with E-state index in [9.17, 15) is 13.6 Å². The van der Waals surface area contributed by atoms with E-state index in [0.717, 1.165) is 6.20 Å². The Labute approximate surface area is 73.2 Å². The molecule has 1 rings (SSSR count). The molecule has 1 aromatic rings. The van der Waals surface area contributed by atoms with Crippen molar-refractivity contribution in [3.8, 4) is 5.75 Å². The second-order valence-corrected chi connectivity index (χ2v) is 2.76. The van der Waals surface area contributed by atoms with Gasteiger partial charge < -0.3 is 9.67 Å². The van der Waals surface area contributed by atoms with E-state index in [0.29, 0.717) is 0 Å². The van der Waals surface area contributed by atoms with Crippen LogP contribution in [0.1, 0.15) is 17.7 Å². The molecule has 0 spiro atoms. The normalized spacial score (nSPS) is 10.8. The molecule has 3 nitrogen and oxygen atoms in total. The van der Waals surface area contributed by atoms with Gasteiger partial charge in [-0.3, -0.25) is 4.79 Å². The van der Waals surface area contributed by atoms with Gasteiger partial charge in [-0.2, -0.15) is 0 Å². The second-order valence-electron chi connectivity index (χ2n) is 2.76. The van der Waals surface area contributed by atoms with Crippen LogP contribution in [0.5, 0.6) is 5.75 Å². The van der Waals surface area contributed by atoms with Crippen LogP contribution in [0.4, 0.5) is 8.78 Å². The molecular weight excluding hydrogens is 180 g/mol. The van der Waals surface area contributed by atoms with Crippen molar-refractivity contribution >= 4 is 0 Å². The van der Waals surface area contributed by atoms with Crippen LogP contribution in [0.15, 0.2) is 11.0 Å². The maximum atomic E-state index is 12.2. The van der Waals surface area contributed by atoms with Crippen LogP contribution in [0.2, 0.25) is 0 Å². The highest BCUT2D eigenvalue weighted by Gasteiger charge is 2.17.